The predicted octanol–water partition coefficient (Wildman–Crippen LogP) is 14.9. The highest BCUT2D eigenvalue weighted by molar-refractivity contribution is 6.11. The van der Waals surface area contributed by atoms with Gasteiger partial charge in [-0.05, 0) is 99.6 Å². The van der Waals surface area contributed by atoms with Gasteiger partial charge in [0.05, 0.1) is 16.7 Å². The van der Waals surface area contributed by atoms with Crippen LogP contribution in [0.2, 0.25) is 0 Å². The molecule has 0 atom stereocenters. The van der Waals surface area contributed by atoms with Crippen molar-refractivity contribution in [3.63, 3.8) is 0 Å². The highest BCUT2D eigenvalue weighted by Gasteiger charge is 2.21. The molecule has 0 saturated carbocycles. The lowest BCUT2D eigenvalue weighted by molar-refractivity contribution is 1.18. The average molecular weight is 741 g/mol. The molecule has 0 bridgehead atoms. The summed E-state index contributed by atoms with van der Waals surface area (Å²) in [4.78, 5) is 2.41. The standard InChI is InChI=1S/C56H40N2/c1-6-21-41(22-7-1)55(42-23-8-2-9-24-42)56(43-25-10-3-11-26-43)45-28-20-27-44(39-45)49-33-16-18-35-52(49)57(46-29-12-4-13-30-46)48-37-38-54-51(40-48)50-34-17-19-36-53(50)58(54)47-31-14-5-15-32-47/h1-40H. The van der Waals surface area contributed by atoms with Gasteiger partial charge in [-0.2, -0.15) is 0 Å². The average Bonchev–Trinajstić information content (AvgIpc) is 3.64. The first-order chi connectivity index (χ1) is 28.8. The molecule has 0 aliphatic rings. The summed E-state index contributed by atoms with van der Waals surface area (Å²) < 4.78 is 2.37. The maximum absolute atomic E-state index is 2.41. The molecular weight excluding hydrogens is 701 g/mol. The van der Waals surface area contributed by atoms with Gasteiger partial charge < -0.3 is 9.47 Å². The SMILES string of the molecule is c1ccc(C(=C(c2ccccc2)c2cccc(-c3ccccc3N(c3ccccc3)c3ccc4c(c3)c3ccccc3n4-c3ccccc3)c2)c2ccccc2)cc1. The van der Waals surface area contributed by atoms with Gasteiger partial charge in [0.15, 0.2) is 0 Å². The fourth-order valence-electron chi connectivity index (χ4n) is 8.44. The van der Waals surface area contributed by atoms with Crippen molar-refractivity contribution in [1.29, 1.82) is 0 Å². The van der Waals surface area contributed by atoms with Gasteiger partial charge in [-0.25, -0.2) is 0 Å². The summed E-state index contributed by atoms with van der Waals surface area (Å²) in [6.07, 6.45) is 0. The third kappa shape index (κ3) is 6.47. The highest BCUT2D eigenvalue weighted by Crippen LogP contribution is 2.44. The monoisotopic (exact) mass is 740 g/mol. The van der Waals surface area contributed by atoms with E-state index in [-0.39, 0.29) is 0 Å². The van der Waals surface area contributed by atoms with Crippen LogP contribution in [-0.4, -0.2) is 4.57 Å². The number of fused-ring (bicyclic) bond motifs is 3. The van der Waals surface area contributed by atoms with Crippen molar-refractivity contribution in [3.8, 4) is 16.8 Å². The molecule has 0 fully saturated rings. The molecule has 274 valence electrons. The minimum Gasteiger partial charge on any atom is -0.310 e. The summed E-state index contributed by atoms with van der Waals surface area (Å²) in [5.74, 6) is 0. The smallest absolute Gasteiger partial charge is 0.0542 e. The van der Waals surface area contributed by atoms with E-state index in [0.29, 0.717) is 0 Å². The third-order valence-electron chi connectivity index (χ3n) is 11.0. The number of rotatable bonds is 9. The second-order valence-corrected chi connectivity index (χ2v) is 14.5. The molecule has 10 aromatic rings. The lowest BCUT2D eigenvalue weighted by Gasteiger charge is -2.28. The van der Waals surface area contributed by atoms with Gasteiger partial charge in [-0.1, -0.05) is 182 Å². The fraction of sp³-hybridized carbons (Fsp3) is 0. The van der Waals surface area contributed by atoms with E-state index in [1.165, 1.54) is 49.6 Å². The van der Waals surface area contributed by atoms with Crippen LogP contribution in [0.25, 0.3) is 49.8 Å². The van der Waals surface area contributed by atoms with Gasteiger partial charge in [0.2, 0.25) is 0 Å². The van der Waals surface area contributed by atoms with Crippen molar-refractivity contribution in [2.75, 3.05) is 4.90 Å². The topological polar surface area (TPSA) is 8.17 Å². The van der Waals surface area contributed by atoms with E-state index in [2.05, 4.69) is 252 Å². The number of para-hydroxylation sites is 4. The second kappa shape index (κ2) is 15.5. The Hall–Kier alpha value is -7.68. The van der Waals surface area contributed by atoms with Crippen LogP contribution >= 0.6 is 0 Å². The molecule has 0 spiro atoms. The summed E-state index contributed by atoms with van der Waals surface area (Å²) in [6, 6.07) is 87.3. The molecule has 9 aromatic carbocycles. The number of nitrogens with zero attached hydrogens (tertiary/aromatic N) is 2. The van der Waals surface area contributed by atoms with Gasteiger partial charge in [-0.15, -0.1) is 0 Å². The van der Waals surface area contributed by atoms with E-state index in [0.717, 1.165) is 39.4 Å². The Morgan fingerprint density at radius 2 is 0.828 bits per heavy atom. The normalized spacial score (nSPS) is 11.1. The van der Waals surface area contributed by atoms with Crippen molar-refractivity contribution in [2.24, 2.45) is 0 Å². The maximum Gasteiger partial charge on any atom is 0.0542 e. The van der Waals surface area contributed by atoms with E-state index < -0.39 is 0 Å². The molecule has 0 N–H and O–H groups in total. The highest BCUT2D eigenvalue weighted by atomic mass is 15.1. The van der Waals surface area contributed by atoms with Crippen LogP contribution < -0.4 is 4.90 Å². The van der Waals surface area contributed by atoms with E-state index in [1.54, 1.807) is 0 Å². The van der Waals surface area contributed by atoms with E-state index in [9.17, 15) is 0 Å². The molecule has 58 heavy (non-hydrogen) atoms. The summed E-state index contributed by atoms with van der Waals surface area (Å²) in [7, 11) is 0. The maximum atomic E-state index is 2.41. The van der Waals surface area contributed by atoms with Crippen molar-refractivity contribution in [2.45, 2.75) is 0 Å². The molecule has 0 amide bonds. The Balaban J connectivity index is 1.18. The van der Waals surface area contributed by atoms with Gasteiger partial charge in [0.1, 0.15) is 0 Å². The summed E-state index contributed by atoms with van der Waals surface area (Å²) >= 11 is 0. The molecule has 0 aliphatic heterocycles. The molecule has 0 saturated heterocycles. The minimum atomic E-state index is 1.09. The summed E-state index contributed by atoms with van der Waals surface area (Å²) in [5, 5.41) is 2.44. The quantitative estimate of drug-likeness (QED) is 0.134. The van der Waals surface area contributed by atoms with Crippen molar-refractivity contribution >= 4 is 50.0 Å². The summed E-state index contributed by atoms with van der Waals surface area (Å²) in [6.45, 7) is 0. The molecule has 0 radical (unpaired) electrons. The molecular formula is C56H40N2. The Bertz CT molecular complexity index is 2980. The third-order valence-corrected chi connectivity index (χ3v) is 11.0. The largest absolute Gasteiger partial charge is 0.310 e. The van der Waals surface area contributed by atoms with Crippen LogP contribution in [0, 0.1) is 0 Å². The number of aromatic nitrogens is 1. The Kier molecular flexibility index (Phi) is 9.27. The minimum absolute atomic E-state index is 1.09. The number of anilines is 3. The zero-order valence-corrected chi connectivity index (χ0v) is 32.0. The predicted molar refractivity (Wildman–Crippen MR) is 245 cm³/mol. The molecule has 0 aliphatic carbocycles. The Morgan fingerprint density at radius 1 is 0.328 bits per heavy atom. The zero-order chi connectivity index (χ0) is 38.7. The van der Waals surface area contributed by atoms with Gasteiger partial charge in [-0.3, -0.25) is 0 Å². The Labute approximate surface area is 339 Å². The number of benzene rings is 9. The molecule has 0 unspecified atom stereocenters. The molecule has 2 heteroatoms. The van der Waals surface area contributed by atoms with Gasteiger partial charge in [0, 0.05) is 33.4 Å². The van der Waals surface area contributed by atoms with Gasteiger partial charge in [0.25, 0.3) is 0 Å². The number of hydrogen-bond acceptors (Lipinski definition) is 1. The first kappa shape index (κ1) is 34.8. The molecule has 1 heterocycles. The lowest BCUT2D eigenvalue weighted by Crippen LogP contribution is -2.11. The molecule has 10 rings (SSSR count). The summed E-state index contributed by atoms with van der Waals surface area (Å²) in [5.41, 5.74) is 16.2. The lowest BCUT2D eigenvalue weighted by atomic mass is 9.85. The van der Waals surface area contributed by atoms with Crippen LogP contribution in [0.4, 0.5) is 17.1 Å². The van der Waals surface area contributed by atoms with Crippen LogP contribution in [-0.2, 0) is 0 Å². The second-order valence-electron chi connectivity index (χ2n) is 14.5. The van der Waals surface area contributed by atoms with Crippen molar-refractivity contribution < 1.29 is 0 Å². The van der Waals surface area contributed by atoms with Crippen molar-refractivity contribution in [1.82, 2.24) is 4.57 Å². The zero-order valence-electron chi connectivity index (χ0n) is 32.0. The van der Waals surface area contributed by atoms with Crippen LogP contribution in [0.5, 0.6) is 0 Å². The van der Waals surface area contributed by atoms with Crippen LogP contribution in [0.3, 0.4) is 0 Å². The van der Waals surface area contributed by atoms with Crippen LogP contribution in [0.1, 0.15) is 22.3 Å². The van der Waals surface area contributed by atoms with Gasteiger partial charge >= 0.3 is 0 Å². The fourth-order valence-corrected chi connectivity index (χ4v) is 8.44. The molecule has 1 aromatic heterocycles. The number of hydrogen-bond donors (Lipinski definition) is 0. The van der Waals surface area contributed by atoms with Crippen molar-refractivity contribution in [3.05, 3.63) is 265 Å². The van der Waals surface area contributed by atoms with E-state index in [1.807, 2.05) is 0 Å². The molecule has 2 nitrogen and oxygen atoms in total. The van der Waals surface area contributed by atoms with E-state index >= 15 is 0 Å². The first-order valence-corrected chi connectivity index (χ1v) is 19.9. The Morgan fingerprint density at radius 3 is 1.48 bits per heavy atom. The van der Waals surface area contributed by atoms with Crippen LogP contribution in [0.15, 0.2) is 243 Å². The van der Waals surface area contributed by atoms with E-state index in [4.69, 9.17) is 0 Å². The first-order valence-electron chi connectivity index (χ1n) is 19.9.